The quantitative estimate of drug-likeness (QED) is 0.701. The van der Waals surface area contributed by atoms with Gasteiger partial charge < -0.3 is 10.2 Å². The van der Waals surface area contributed by atoms with E-state index < -0.39 is 37.0 Å². The topological polar surface area (TPSA) is 77.8 Å². The summed E-state index contributed by atoms with van der Waals surface area (Å²) in [6.07, 6.45) is -4.47. The zero-order valence-electron chi connectivity index (χ0n) is 7.06. The molecule has 1 amide bonds. The van der Waals surface area contributed by atoms with Gasteiger partial charge in [-0.15, -0.1) is 0 Å². The van der Waals surface area contributed by atoms with E-state index in [2.05, 4.69) is 0 Å². The van der Waals surface area contributed by atoms with E-state index in [9.17, 15) is 18.4 Å². The van der Waals surface area contributed by atoms with Gasteiger partial charge in [0.25, 0.3) is 0 Å². The number of hydrogen-bond donors (Lipinski definition) is 2. The summed E-state index contributed by atoms with van der Waals surface area (Å²) in [7, 11) is 0. The van der Waals surface area contributed by atoms with Crippen molar-refractivity contribution in [3.05, 3.63) is 0 Å². The van der Waals surface area contributed by atoms with Gasteiger partial charge in [0.1, 0.15) is 6.04 Å². The monoisotopic (exact) mass is 209 g/mol. The van der Waals surface area contributed by atoms with Gasteiger partial charge in [0.2, 0.25) is 6.43 Å². The van der Waals surface area contributed by atoms with Gasteiger partial charge >= 0.3 is 12.1 Å². The molecule has 0 bridgehead atoms. The lowest BCUT2D eigenvalue weighted by atomic mass is 10.1. The molecule has 1 rings (SSSR count). The van der Waals surface area contributed by atoms with Crippen LogP contribution in [0.25, 0.3) is 0 Å². The Hall–Kier alpha value is -1.40. The Labute approximate surface area is 77.9 Å². The van der Waals surface area contributed by atoms with Gasteiger partial charge in [-0.1, -0.05) is 0 Å². The normalized spacial score (nSPS) is 26.9. The highest BCUT2D eigenvalue weighted by Crippen LogP contribution is 2.28. The zero-order valence-corrected chi connectivity index (χ0v) is 7.06. The molecule has 80 valence electrons. The lowest BCUT2D eigenvalue weighted by molar-refractivity contribution is -0.141. The van der Waals surface area contributed by atoms with Crippen molar-refractivity contribution in [1.82, 2.24) is 4.90 Å². The van der Waals surface area contributed by atoms with E-state index in [4.69, 9.17) is 10.2 Å². The molecule has 1 fully saturated rings. The molecule has 0 saturated carbocycles. The maximum absolute atomic E-state index is 12.2. The highest BCUT2D eigenvalue weighted by atomic mass is 19.3. The number of alkyl halides is 2. The summed E-state index contributed by atoms with van der Waals surface area (Å²) in [5, 5.41) is 17.1. The minimum absolute atomic E-state index is 0.320. The number of halogens is 2. The molecule has 5 nitrogen and oxygen atoms in total. The van der Waals surface area contributed by atoms with Gasteiger partial charge in [-0.2, -0.15) is 0 Å². The van der Waals surface area contributed by atoms with Crippen LogP contribution in [0.2, 0.25) is 0 Å². The van der Waals surface area contributed by atoms with Crippen molar-refractivity contribution in [3.63, 3.8) is 0 Å². The van der Waals surface area contributed by atoms with Gasteiger partial charge in [0.15, 0.2) is 0 Å². The molecule has 1 unspecified atom stereocenters. The number of likely N-dealkylation sites (tertiary alicyclic amines) is 1. The number of hydrogen-bond acceptors (Lipinski definition) is 2. The van der Waals surface area contributed by atoms with Crippen LogP contribution in [-0.2, 0) is 4.79 Å². The van der Waals surface area contributed by atoms with Crippen LogP contribution in [0.1, 0.15) is 6.42 Å². The number of rotatable bonds is 2. The SMILES string of the molecule is O=C(O)[C@H]1CC(C(F)F)CN1C(=O)O. The largest absolute Gasteiger partial charge is 0.480 e. The molecular weight excluding hydrogens is 200 g/mol. The molecule has 14 heavy (non-hydrogen) atoms. The van der Waals surface area contributed by atoms with Crippen LogP contribution in [-0.4, -0.2) is 46.2 Å². The zero-order chi connectivity index (χ0) is 10.9. The average Bonchev–Trinajstić information content (AvgIpc) is 2.47. The van der Waals surface area contributed by atoms with Crippen LogP contribution in [0.5, 0.6) is 0 Å². The fourth-order valence-corrected chi connectivity index (χ4v) is 1.50. The Morgan fingerprint density at radius 3 is 2.21 bits per heavy atom. The maximum atomic E-state index is 12.2. The number of carboxylic acids is 1. The number of carboxylic acid groups (broad SMARTS) is 2. The highest BCUT2D eigenvalue weighted by Gasteiger charge is 2.43. The molecular formula is C7H9F2NO4. The van der Waals surface area contributed by atoms with Crippen LogP contribution in [0, 0.1) is 5.92 Å². The predicted octanol–water partition coefficient (Wildman–Crippen LogP) is 0.705. The first-order valence-electron chi connectivity index (χ1n) is 3.94. The van der Waals surface area contributed by atoms with Gasteiger partial charge in [-0.05, 0) is 6.42 Å². The molecule has 0 aliphatic carbocycles. The lowest BCUT2D eigenvalue weighted by Crippen LogP contribution is -2.39. The number of aliphatic carboxylic acids is 1. The van der Waals surface area contributed by atoms with Gasteiger partial charge in [-0.3, -0.25) is 4.90 Å². The fraction of sp³-hybridized carbons (Fsp3) is 0.714. The van der Waals surface area contributed by atoms with Crippen molar-refractivity contribution in [2.75, 3.05) is 6.54 Å². The third-order valence-electron chi connectivity index (χ3n) is 2.22. The van der Waals surface area contributed by atoms with Gasteiger partial charge in [0, 0.05) is 12.5 Å². The Bertz CT molecular complexity index is 236. The van der Waals surface area contributed by atoms with E-state index in [1.807, 2.05) is 0 Å². The Morgan fingerprint density at radius 2 is 1.93 bits per heavy atom. The van der Waals surface area contributed by atoms with Gasteiger partial charge in [0.05, 0.1) is 0 Å². The van der Waals surface area contributed by atoms with Crippen molar-refractivity contribution in [3.8, 4) is 0 Å². The molecule has 1 saturated heterocycles. The van der Waals surface area contributed by atoms with E-state index >= 15 is 0 Å². The van der Waals surface area contributed by atoms with Crippen molar-refractivity contribution >= 4 is 12.1 Å². The first kappa shape index (κ1) is 10.7. The third-order valence-corrected chi connectivity index (χ3v) is 2.22. The summed E-state index contributed by atoms with van der Waals surface area (Å²) in [6, 6.07) is -1.34. The summed E-state index contributed by atoms with van der Waals surface area (Å²) in [6.45, 7) is -0.413. The van der Waals surface area contributed by atoms with Crippen LogP contribution < -0.4 is 0 Å². The van der Waals surface area contributed by atoms with E-state index in [0.29, 0.717) is 4.90 Å². The molecule has 1 aliphatic heterocycles. The molecule has 1 aliphatic rings. The molecule has 0 spiro atoms. The summed E-state index contributed by atoms with van der Waals surface area (Å²) >= 11 is 0. The molecule has 7 heteroatoms. The van der Waals surface area contributed by atoms with E-state index in [0.717, 1.165) is 0 Å². The fourth-order valence-electron chi connectivity index (χ4n) is 1.50. The van der Waals surface area contributed by atoms with Crippen LogP contribution in [0.3, 0.4) is 0 Å². The third kappa shape index (κ3) is 1.91. The maximum Gasteiger partial charge on any atom is 0.408 e. The summed E-state index contributed by atoms with van der Waals surface area (Å²) in [5.41, 5.74) is 0. The van der Waals surface area contributed by atoms with Crippen LogP contribution in [0.4, 0.5) is 13.6 Å². The second-order valence-electron chi connectivity index (χ2n) is 3.12. The standard InChI is InChI=1S/C7H9F2NO4/c8-5(9)3-1-4(6(11)12)10(2-3)7(13)14/h3-5H,1-2H2,(H,11,12)(H,13,14)/t3?,4-/m1/s1. The molecule has 0 aromatic heterocycles. The van der Waals surface area contributed by atoms with Gasteiger partial charge in [-0.25, -0.2) is 18.4 Å². The molecule has 0 radical (unpaired) electrons. The second-order valence-corrected chi connectivity index (χ2v) is 3.12. The first-order chi connectivity index (χ1) is 6.43. The highest BCUT2D eigenvalue weighted by molar-refractivity contribution is 5.80. The number of nitrogens with zero attached hydrogens (tertiary/aromatic N) is 1. The van der Waals surface area contributed by atoms with Crippen molar-refractivity contribution < 1.29 is 28.6 Å². The number of carbonyl (C=O) groups is 2. The summed E-state index contributed by atoms with van der Waals surface area (Å²) in [5.74, 6) is -2.55. The van der Waals surface area contributed by atoms with Crippen molar-refractivity contribution in [2.24, 2.45) is 5.92 Å². The molecule has 2 N–H and O–H groups in total. The summed E-state index contributed by atoms with van der Waals surface area (Å²) in [4.78, 5) is 21.6. The second kappa shape index (κ2) is 3.77. The Morgan fingerprint density at radius 1 is 1.36 bits per heavy atom. The van der Waals surface area contributed by atoms with E-state index in [1.54, 1.807) is 0 Å². The molecule has 0 aromatic carbocycles. The minimum atomic E-state index is -2.68. The first-order valence-corrected chi connectivity index (χ1v) is 3.94. The van der Waals surface area contributed by atoms with Crippen molar-refractivity contribution in [1.29, 1.82) is 0 Å². The predicted molar refractivity (Wildman–Crippen MR) is 40.3 cm³/mol. The Balaban J connectivity index is 2.75. The molecule has 2 atom stereocenters. The van der Waals surface area contributed by atoms with E-state index in [-0.39, 0.29) is 6.42 Å². The van der Waals surface area contributed by atoms with Crippen LogP contribution in [0.15, 0.2) is 0 Å². The lowest BCUT2D eigenvalue weighted by Gasteiger charge is -2.16. The number of amides is 1. The average molecular weight is 209 g/mol. The smallest absolute Gasteiger partial charge is 0.408 e. The van der Waals surface area contributed by atoms with Crippen molar-refractivity contribution in [2.45, 2.75) is 18.9 Å². The van der Waals surface area contributed by atoms with E-state index in [1.165, 1.54) is 0 Å². The molecule has 1 heterocycles. The summed E-state index contributed by atoms with van der Waals surface area (Å²) < 4.78 is 24.4. The van der Waals surface area contributed by atoms with Crippen LogP contribution >= 0.6 is 0 Å². The molecule has 0 aromatic rings. The Kier molecular flexibility index (Phi) is 2.87. The minimum Gasteiger partial charge on any atom is -0.480 e.